The maximum atomic E-state index is 13.1. The molecule has 5 nitrogen and oxygen atoms in total. The molecule has 0 saturated carbocycles. The van der Waals surface area contributed by atoms with Crippen molar-refractivity contribution >= 4 is 51.8 Å². The van der Waals surface area contributed by atoms with Gasteiger partial charge in [-0.2, -0.15) is 0 Å². The average Bonchev–Trinajstić information content (AvgIpc) is 3.45. The second-order valence-electron chi connectivity index (χ2n) is 6.81. The molecule has 1 aromatic carbocycles. The van der Waals surface area contributed by atoms with Crippen LogP contribution in [0.5, 0.6) is 0 Å². The van der Waals surface area contributed by atoms with Crippen molar-refractivity contribution in [3.8, 4) is 0 Å². The summed E-state index contributed by atoms with van der Waals surface area (Å²) in [5, 5.41) is 3.79. The minimum absolute atomic E-state index is 0.0604. The first-order valence-electron chi connectivity index (χ1n) is 9.51. The Morgan fingerprint density at radius 1 is 1.07 bits per heavy atom. The molecule has 9 heteroatoms. The fourth-order valence-corrected chi connectivity index (χ4v) is 5.69. The van der Waals surface area contributed by atoms with Crippen molar-refractivity contribution in [3.63, 3.8) is 0 Å². The number of nitrogens with zero attached hydrogens (tertiary/aromatic N) is 3. The number of thioether (sulfide) groups is 1. The Morgan fingerprint density at radius 2 is 1.83 bits per heavy atom. The summed E-state index contributed by atoms with van der Waals surface area (Å²) in [6.45, 7) is 2.72. The Labute approximate surface area is 186 Å². The van der Waals surface area contributed by atoms with Gasteiger partial charge in [-0.25, -0.2) is 9.37 Å². The zero-order valence-electron chi connectivity index (χ0n) is 16.1. The molecule has 0 radical (unpaired) electrons. The summed E-state index contributed by atoms with van der Waals surface area (Å²) in [6.07, 6.45) is 0.270. The van der Waals surface area contributed by atoms with Gasteiger partial charge in [-0.1, -0.05) is 17.8 Å². The number of hydrogen-bond donors (Lipinski definition) is 0. The number of thiophene rings is 1. The maximum Gasteiger partial charge on any atom is 0.228 e. The van der Waals surface area contributed by atoms with Gasteiger partial charge in [0.2, 0.25) is 5.91 Å². The Kier molecular flexibility index (Phi) is 6.81. The van der Waals surface area contributed by atoms with Gasteiger partial charge in [0.25, 0.3) is 0 Å². The first-order valence-corrected chi connectivity index (χ1v) is 12.2. The molecule has 0 atom stereocenters. The van der Waals surface area contributed by atoms with E-state index in [0.29, 0.717) is 18.8 Å². The van der Waals surface area contributed by atoms with Crippen molar-refractivity contribution in [2.24, 2.45) is 0 Å². The third kappa shape index (κ3) is 5.27. The van der Waals surface area contributed by atoms with Crippen molar-refractivity contribution in [3.05, 3.63) is 63.5 Å². The van der Waals surface area contributed by atoms with Crippen LogP contribution in [-0.4, -0.2) is 53.5 Å². The van der Waals surface area contributed by atoms with Crippen molar-refractivity contribution in [1.29, 1.82) is 0 Å². The van der Waals surface area contributed by atoms with Crippen LogP contribution >= 0.6 is 34.4 Å². The number of rotatable bonds is 7. The lowest BCUT2D eigenvalue weighted by molar-refractivity contribution is -0.130. The Bertz CT molecular complexity index is 997. The number of anilines is 1. The number of hydrogen-bond acceptors (Lipinski definition) is 7. The van der Waals surface area contributed by atoms with E-state index in [1.54, 1.807) is 12.1 Å². The lowest BCUT2D eigenvalue weighted by Crippen LogP contribution is -2.49. The molecule has 0 bridgehead atoms. The molecule has 0 unspecified atom stereocenters. The molecule has 1 saturated heterocycles. The molecule has 0 aliphatic carbocycles. The highest BCUT2D eigenvalue weighted by atomic mass is 32.2. The number of carbonyl (C=O) groups excluding carboxylic acids is 2. The van der Waals surface area contributed by atoms with Gasteiger partial charge in [0.05, 0.1) is 22.7 Å². The highest BCUT2D eigenvalue weighted by Crippen LogP contribution is 2.25. The number of carbonyl (C=O) groups is 2. The van der Waals surface area contributed by atoms with E-state index < -0.39 is 0 Å². The summed E-state index contributed by atoms with van der Waals surface area (Å²) in [5.74, 6) is 0.267. The second kappa shape index (κ2) is 9.72. The molecule has 1 amide bonds. The number of ketones is 1. The molecule has 1 fully saturated rings. The third-order valence-electron chi connectivity index (χ3n) is 4.81. The van der Waals surface area contributed by atoms with Crippen molar-refractivity contribution in [2.75, 3.05) is 36.8 Å². The SMILES string of the molecule is O=C(CSc1nc(CC(=O)N2CCN(c3ccc(F)cc3)CC2)cs1)c1cccs1. The van der Waals surface area contributed by atoms with Crippen LogP contribution in [0, 0.1) is 5.82 Å². The van der Waals surface area contributed by atoms with Crippen molar-refractivity contribution in [1.82, 2.24) is 9.88 Å². The third-order valence-corrected chi connectivity index (χ3v) is 7.79. The summed E-state index contributed by atoms with van der Waals surface area (Å²) in [6, 6.07) is 10.1. The molecule has 156 valence electrons. The van der Waals surface area contributed by atoms with E-state index in [1.807, 2.05) is 27.8 Å². The minimum atomic E-state index is -0.246. The summed E-state index contributed by atoms with van der Waals surface area (Å²) in [7, 11) is 0. The molecule has 0 N–H and O–H groups in total. The fourth-order valence-electron chi connectivity index (χ4n) is 3.20. The molecular weight excluding hydrogens is 441 g/mol. The number of piperazine rings is 1. The summed E-state index contributed by atoms with van der Waals surface area (Å²) in [4.78, 5) is 34.0. The standard InChI is InChI=1S/C21H20FN3O2S3/c22-15-3-5-17(6-4-15)24-7-9-25(10-8-24)20(27)12-16-13-29-21(23-16)30-14-18(26)19-2-1-11-28-19/h1-6,11,13H,7-10,12,14H2. The lowest BCUT2D eigenvalue weighted by atomic mass is 10.2. The van der Waals surface area contributed by atoms with E-state index in [-0.39, 0.29) is 23.9 Å². The average molecular weight is 462 g/mol. The van der Waals surface area contributed by atoms with Crippen LogP contribution in [-0.2, 0) is 11.2 Å². The zero-order chi connectivity index (χ0) is 20.9. The van der Waals surface area contributed by atoms with Crippen LogP contribution in [0.4, 0.5) is 10.1 Å². The minimum Gasteiger partial charge on any atom is -0.368 e. The number of thiazole rings is 1. The molecular formula is C21H20FN3O2S3. The van der Waals surface area contributed by atoms with Crippen LogP contribution in [0.15, 0.2) is 51.5 Å². The largest absolute Gasteiger partial charge is 0.368 e. The predicted octanol–water partition coefficient (Wildman–Crippen LogP) is 4.21. The molecule has 3 heterocycles. The Balaban J connectivity index is 1.24. The zero-order valence-corrected chi connectivity index (χ0v) is 18.6. The fraction of sp³-hybridized carbons (Fsp3) is 0.286. The van der Waals surface area contributed by atoms with E-state index in [2.05, 4.69) is 9.88 Å². The Hall–Kier alpha value is -2.23. The van der Waals surface area contributed by atoms with Gasteiger partial charge < -0.3 is 9.80 Å². The summed E-state index contributed by atoms with van der Waals surface area (Å²) >= 11 is 4.33. The monoisotopic (exact) mass is 461 g/mol. The maximum absolute atomic E-state index is 13.1. The van der Waals surface area contributed by atoms with Crippen LogP contribution in [0.3, 0.4) is 0 Å². The van der Waals surface area contributed by atoms with Crippen LogP contribution < -0.4 is 4.90 Å². The summed E-state index contributed by atoms with van der Waals surface area (Å²) in [5.41, 5.74) is 1.72. The summed E-state index contributed by atoms with van der Waals surface area (Å²) < 4.78 is 13.9. The molecule has 30 heavy (non-hydrogen) atoms. The van der Waals surface area contributed by atoms with Gasteiger partial charge in [-0.05, 0) is 35.7 Å². The second-order valence-corrected chi connectivity index (χ2v) is 9.84. The van der Waals surface area contributed by atoms with Crippen LogP contribution in [0.1, 0.15) is 15.4 Å². The van der Waals surface area contributed by atoms with E-state index in [1.165, 1.54) is 46.6 Å². The molecule has 3 aromatic rings. The molecule has 0 spiro atoms. The van der Waals surface area contributed by atoms with E-state index >= 15 is 0 Å². The number of benzene rings is 1. The topological polar surface area (TPSA) is 53.5 Å². The Morgan fingerprint density at radius 3 is 2.53 bits per heavy atom. The van der Waals surface area contributed by atoms with Crippen LogP contribution in [0.2, 0.25) is 0 Å². The smallest absolute Gasteiger partial charge is 0.228 e. The number of Topliss-reactive ketones (excluding diaryl/α,β-unsaturated/α-hetero) is 1. The predicted molar refractivity (Wildman–Crippen MR) is 120 cm³/mol. The molecule has 1 aliphatic heterocycles. The van der Waals surface area contributed by atoms with Gasteiger partial charge >= 0.3 is 0 Å². The van der Waals surface area contributed by atoms with E-state index in [4.69, 9.17) is 0 Å². The number of amides is 1. The van der Waals surface area contributed by atoms with E-state index in [0.717, 1.165) is 33.7 Å². The van der Waals surface area contributed by atoms with Crippen LogP contribution in [0.25, 0.3) is 0 Å². The molecule has 2 aromatic heterocycles. The molecule has 4 rings (SSSR count). The van der Waals surface area contributed by atoms with Gasteiger partial charge in [0.15, 0.2) is 10.1 Å². The lowest BCUT2D eigenvalue weighted by Gasteiger charge is -2.36. The normalized spacial score (nSPS) is 14.2. The van der Waals surface area contributed by atoms with Crippen molar-refractivity contribution < 1.29 is 14.0 Å². The van der Waals surface area contributed by atoms with Gasteiger partial charge in [-0.15, -0.1) is 22.7 Å². The van der Waals surface area contributed by atoms with Gasteiger partial charge in [0, 0.05) is 37.2 Å². The quantitative estimate of drug-likeness (QED) is 0.390. The number of halogens is 1. The highest BCUT2D eigenvalue weighted by molar-refractivity contribution is 8.01. The van der Waals surface area contributed by atoms with Crippen molar-refractivity contribution in [2.45, 2.75) is 10.8 Å². The van der Waals surface area contributed by atoms with E-state index in [9.17, 15) is 14.0 Å². The molecule has 1 aliphatic rings. The van der Waals surface area contributed by atoms with Gasteiger partial charge in [-0.3, -0.25) is 9.59 Å². The number of aromatic nitrogens is 1. The van der Waals surface area contributed by atoms with Gasteiger partial charge in [0.1, 0.15) is 5.82 Å². The first-order chi connectivity index (χ1) is 14.6. The highest BCUT2D eigenvalue weighted by Gasteiger charge is 2.22. The first kappa shape index (κ1) is 21.0.